The van der Waals surface area contributed by atoms with Crippen LogP contribution >= 0.6 is 0 Å². The normalized spacial score (nSPS) is 16.0. The number of anilines is 2. The Labute approximate surface area is 264 Å². The van der Waals surface area contributed by atoms with Crippen molar-refractivity contribution in [3.63, 3.8) is 0 Å². The van der Waals surface area contributed by atoms with Gasteiger partial charge in [-0.1, -0.05) is 48.6 Å². The highest BCUT2D eigenvalue weighted by atomic mass is 19.1. The highest BCUT2D eigenvalue weighted by Gasteiger charge is 2.32. The van der Waals surface area contributed by atoms with E-state index in [1.54, 1.807) is 4.90 Å². The minimum absolute atomic E-state index is 0.00477. The van der Waals surface area contributed by atoms with Crippen molar-refractivity contribution >= 4 is 44.4 Å². The molecule has 5 aromatic carbocycles. The smallest absolute Gasteiger partial charge is 0.154 e. The number of allylic oxidation sites excluding steroid dienone is 3. The molecule has 3 aliphatic rings. The molecule has 0 bridgehead atoms. The zero-order valence-electron chi connectivity index (χ0n) is 25.1. The van der Waals surface area contributed by atoms with Gasteiger partial charge in [-0.15, -0.1) is 0 Å². The number of fused-ring (bicyclic) bond motifs is 5. The Morgan fingerprint density at radius 3 is 2.50 bits per heavy atom. The van der Waals surface area contributed by atoms with Crippen molar-refractivity contribution in [3.05, 3.63) is 138 Å². The maximum absolute atomic E-state index is 15.6. The van der Waals surface area contributed by atoms with Crippen molar-refractivity contribution in [2.75, 3.05) is 4.90 Å². The summed E-state index contributed by atoms with van der Waals surface area (Å²) in [6.07, 6.45) is 9.08. The molecule has 0 saturated heterocycles. The first-order chi connectivity index (χ1) is 22.5. The summed E-state index contributed by atoms with van der Waals surface area (Å²) in [4.78, 5) is 1.76. The van der Waals surface area contributed by atoms with Crippen molar-refractivity contribution in [3.8, 4) is 28.4 Å². The zero-order chi connectivity index (χ0) is 31.1. The average Bonchev–Trinajstić information content (AvgIpc) is 3.41. The van der Waals surface area contributed by atoms with E-state index in [9.17, 15) is 4.39 Å². The van der Waals surface area contributed by atoms with Crippen LogP contribution in [0.1, 0.15) is 30.2 Å². The second-order valence-corrected chi connectivity index (χ2v) is 11.8. The first kappa shape index (κ1) is 26.8. The summed E-state index contributed by atoms with van der Waals surface area (Å²) in [6, 6.07) is 25.5. The molecule has 6 heteroatoms. The fourth-order valence-corrected chi connectivity index (χ4v) is 7.14. The van der Waals surface area contributed by atoms with Crippen LogP contribution in [-0.4, -0.2) is 6.10 Å². The molecule has 46 heavy (non-hydrogen) atoms. The van der Waals surface area contributed by atoms with Gasteiger partial charge in [-0.2, -0.15) is 0 Å². The number of hydrogen-bond acceptors (Lipinski definition) is 4. The molecule has 0 spiro atoms. The van der Waals surface area contributed by atoms with Gasteiger partial charge in [-0.3, -0.25) is 0 Å². The Balaban J connectivity index is 1.22. The lowest BCUT2D eigenvalue weighted by Gasteiger charge is -2.33. The summed E-state index contributed by atoms with van der Waals surface area (Å²) in [5.41, 5.74) is 7.39. The van der Waals surface area contributed by atoms with E-state index in [1.807, 2.05) is 74.5 Å². The molecule has 0 fully saturated rings. The second-order valence-electron chi connectivity index (χ2n) is 11.8. The van der Waals surface area contributed by atoms with Crippen LogP contribution in [0.2, 0.25) is 0 Å². The van der Waals surface area contributed by atoms with E-state index in [0.29, 0.717) is 22.9 Å². The largest absolute Gasteiger partial charge is 0.485 e. The molecule has 1 aliphatic carbocycles. The van der Waals surface area contributed by atoms with Crippen molar-refractivity contribution in [2.45, 2.75) is 26.4 Å². The molecule has 0 saturated carbocycles. The number of nitrogens with zero attached hydrogens (tertiary/aromatic N) is 1. The summed E-state index contributed by atoms with van der Waals surface area (Å²) in [5, 5.41) is 3.03. The lowest BCUT2D eigenvalue weighted by atomic mass is 9.85. The fraction of sp³-hybridized carbons (Fsp3) is 0.100. The first-order valence-corrected chi connectivity index (χ1v) is 15.4. The number of halogens is 2. The summed E-state index contributed by atoms with van der Waals surface area (Å²) in [5.74, 6) is 1.47. The predicted molar refractivity (Wildman–Crippen MR) is 179 cm³/mol. The first-order valence-electron chi connectivity index (χ1n) is 15.4. The molecule has 3 heterocycles. The number of aryl methyl sites for hydroxylation is 1. The molecule has 1 atom stereocenters. The molecule has 2 aliphatic heterocycles. The lowest BCUT2D eigenvalue weighted by molar-refractivity contribution is 0.260. The predicted octanol–water partition coefficient (Wildman–Crippen LogP) is 11.2. The van der Waals surface area contributed by atoms with E-state index in [2.05, 4.69) is 30.4 Å². The number of hydrogen-bond donors (Lipinski definition) is 0. The van der Waals surface area contributed by atoms with Crippen LogP contribution in [0.4, 0.5) is 20.2 Å². The van der Waals surface area contributed by atoms with Crippen molar-refractivity contribution in [1.82, 2.24) is 0 Å². The number of rotatable bonds is 4. The van der Waals surface area contributed by atoms with Gasteiger partial charge >= 0.3 is 0 Å². The van der Waals surface area contributed by atoms with Gasteiger partial charge in [0.25, 0.3) is 0 Å². The summed E-state index contributed by atoms with van der Waals surface area (Å²) < 4.78 is 49.2. The van der Waals surface area contributed by atoms with Crippen LogP contribution in [0.15, 0.2) is 114 Å². The Kier molecular flexibility index (Phi) is 5.78. The van der Waals surface area contributed by atoms with Gasteiger partial charge in [0.15, 0.2) is 5.76 Å². The van der Waals surface area contributed by atoms with Crippen molar-refractivity contribution in [1.29, 1.82) is 0 Å². The minimum Gasteiger partial charge on any atom is -0.485 e. The van der Waals surface area contributed by atoms with Gasteiger partial charge in [0.1, 0.15) is 40.6 Å². The summed E-state index contributed by atoms with van der Waals surface area (Å²) in [7, 11) is 0. The van der Waals surface area contributed by atoms with E-state index in [0.717, 1.165) is 68.0 Å². The van der Waals surface area contributed by atoms with Gasteiger partial charge in [0.2, 0.25) is 0 Å². The van der Waals surface area contributed by atoms with Crippen LogP contribution in [-0.2, 0) is 0 Å². The quantitative estimate of drug-likeness (QED) is 0.199. The topological polar surface area (TPSA) is 34.8 Å². The van der Waals surface area contributed by atoms with Crippen LogP contribution < -0.4 is 14.4 Å². The van der Waals surface area contributed by atoms with Crippen molar-refractivity contribution < 1.29 is 22.7 Å². The minimum atomic E-state index is -0.693. The highest BCUT2D eigenvalue weighted by Crippen LogP contribution is 2.54. The van der Waals surface area contributed by atoms with Crippen LogP contribution in [0.25, 0.3) is 44.1 Å². The molecular formula is C40H27F2NO3. The van der Waals surface area contributed by atoms with E-state index in [1.165, 1.54) is 17.7 Å². The zero-order valence-corrected chi connectivity index (χ0v) is 25.1. The van der Waals surface area contributed by atoms with Gasteiger partial charge in [-0.25, -0.2) is 8.78 Å². The van der Waals surface area contributed by atoms with Gasteiger partial charge in [0.05, 0.1) is 17.1 Å². The van der Waals surface area contributed by atoms with Crippen molar-refractivity contribution in [2.24, 2.45) is 0 Å². The number of ether oxygens (including phenoxy) is 2. The Morgan fingerprint density at radius 2 is 1.65 bits per heavy atom. The Bertz CT molecular complexity index is 2360. The summed E-state index contributed by atoms with van der Waals surface area (Å²) in [6.45, 7) is 3.87. The number of benzene rings is 5. The molecular weight excluding hydrogens is 580 g/mol. The SMILES string of the molecule is CC=C(c1oc2ccccc2c1C)N(c1ccc2c(c1)Oc1ccc3c4c(ccc-2c14)OC1CC=CC=C31)c1ccc(F)cc1F. The van der Waals surface area contributed by atoms with E-state index in [4.69, 9.17) is 13.9 Å². The van der Waals surface area contributed by atoms with Crippen LogP contribution in [0, 0.1) is 18.6 Å². The third kappa shape index (κ3) is 3.83. The molecule has 1 unspecified atom stereocenters. The Morgan fingerprint density at radius 1 is 0.848 bits per heavy atom. The molecule has 1 aromatic heterocycles. The van der Waals surface area contributed by atoms with Crippen LogP contribution in [0.5, 0.6) is 17.2 Å². The van der Waals surface area contributed by atoms with E-state index < -0.39 is 11.6 Å². The van der Waals surface area contributed by atoms with Gasteiger partial charge in [-0.05, 0) is 73.5 Å². The fourth-order valence-electron chi connectivity index (χ4n) is 7.14. The highest BCUT2D eigenvalue weighted by molar-refractivity contribution is 6.12. The standard InChI is InChI=1S/C40H27F2NO3/c1-3-31(40-22(2)25-8-4-6-10-33(25)46-40)43(32-17-12-23(41)20-30(32)42)24-13-14-27-29-16-18-35-38-28(26-9-5-7-11-34(26)44-35)15-19-36(39(29)38)45-37(27)21-24/h3-10,12-21,34H,11H2,1-2H3. The lowest BCUT2D eigenvalue weighted by Crippen LogP contribution is -2.23. The second kappa shape index (κ2) is 9.94. The monoisotopic (exact) mass is 607 g/mol. The van der Waals surface area contributed by atoms with Gasteiger partial charge < -0.3 is 18.8 Å². The molecule has 224 valence electrons. The molecule has 0 amide bonds. The Hall–Kier alpha value is -5.62. The van der Waals surface area contributed by atoms with E-state index in [-0.39, 0.29) is 11.8 Å². The number of para-hydroxylation sites is 1. The van der Waals surface area contributed by atoms with E-state index >= 15 is 4.39 Å². The molecule has 6 aromatic rings. The molecule has 9 rings (SSSR count). The van der Waals surface area contributed by atoms with Crippen LogP contribution in [0.3, 0.4) is 0 Å². The molecule has 0 N–H and O–H groups in total. The maximum atomic E-state index is 15.6. The number of furan rings is 1. The molecule has 0 radical (unpaired) electrons. The molecule has 4 nitrogen and oxygen atoms in total. The average molecular weight is 608 g/mol. The third-order valence-corrected chi connectivity index (χ3v) is 9.25. The van der Waals surface area contributed by atoms with Gasteiger partial charge in [0, 0.05) is 51.4 Å². The third-order valence-electron chi connectivity index (χ3n) is 9.25. The maximum Gasteiger partial charge on any atom is 0.154 e. The summed E-state index contributed by atoms with van der Waals surface area (Å²) >= 11 is 0.